The zero-order valence-corrected chi connectivity index (χ0v) is 15.8. The molecule has 1 aromatic heterocycles. The van der Waals surface area contributed by atoms with Crippen molar-refractivity contribution >= 4 is 34.9 Å². The van der Waals surface area contributed by atoms with Crippen molar-refractivity contribution < 1.29 is 9.59 Å². The highest BCUT2D eigenvalue weighted by Gasteiger charge is 2.23. The number of fused-ring (bicyclic) bond motifs is 1. The van der Waals surface area contributed by atoms with E-state index in [1.54, 1.807) is 11.8 Å². The third-order valence-electron chi connectivity index (χ3n) is 5.08. The summed E-state index contributed by atoms with van der Waals surface area (Å²) < 4.78 is 0. The normalized spacial score (nSPS) is 14.8. The van der Waals surface area contributed by atoms with Gasteiger partial charge in [0.15, 0.2) is 0 Å². The van der Waals surface area contributed by atoms with E-state index in [2.05, 4.69) is 10.2 Å². The summed E-state index contributed by atoms with van der Waals surface area (Å²) in [7, 11) is 0. The molecule has 1 saturated heterocycles. The molecule has 0 spiro atoms. The van der Waals surface area contributed by atoms with Crippen LogP contribution in [-0.4, -0.2) is 58.0 Å². The predicted molar refractivity (Wildman–Crippen MR) is 110 cm³/mol. The summed E-state index contributed by atoms with van der Waals surface area (Å²) >= 11 is 0. The highest BCUT2D eigenvalue weighted by Crippen LogP contribution is 2.18. The molecule has 3 aromatic rings. The fourth-order valence-electron chi connectivity index (χ4n) is 3.47. The monoisotopic (exact) mass is 374 g/mol. The molecule has 2 amide bonds. The van der Waals surface area contributed by atoms with E-state index in [1.165, 1.54) is 0 Å². The number of aromatic amines is 1. The van der Waals surface area contributed by atoms with Crippen LogP contribution in [0.3, 0.4) is 0 Å². The zero-order chi connectivity index (χ0) is 19.5. The average molecular weight is 374 g/mol. The van der Waals surface area contributed by atoms with E-state index in [0.29, 0.717) is 31.7 Å². The maximum absolute atomic E-state index is 12.8. The number of nitrogens with zero attached hydrogens (tertiary/aromatic N) is 3. The van der Waals surface area contributed by atoms with Gasteiger partial charge in [0, 0.05) is 44.1 Å². The third kappa shape index (κ3) is 3.67. The lowest BCUT2D eigenvalue weighted by Gasteiger charge is -2.34. The summed E-state index contributed by atoms with van der Waals surface area (Å²) in [5.41, 5.74) is 3.47. The van der Waals surface area contributed by atoms with Crippen LogP contribution in [-0.2, 0) is 4.79 Å². The first kappa shape index (κ1) is 18.0. The van der Waals surface area contributed by atoms with Gasteiger partial charge in [-0.25, -0.2) is 0 Å². The number of amides is 2. The largest absolute Gasteiger partial charge is 0.339 e. The summed E-state index contributed by atoms with van der Waals surface area (Å²) in [6.07, 6.45) is 3.92. The lowest BCUT2D eigenvalue weighted by atomic mass is 10.1. The molecule has 1 aliphatic rings. The van der Waals surface area contributed by atoms with E-state index >= 15 is 0 Å². The van der Waals surface area contributed by atoms with Crippen LogP contribution in [0.25, 0.3) is 23.1 Å². The topological polar surface area (TPSA) is 69.3 Å². The molecule has 0 unspecified atom stereocenters. The molecule has 0 atom stereocenters. The van der Waals surface area contributed by atoms with Gasteiger partial charge in [0.2, 0.25) is 5.91 Å². The van der Waals surface area contributed by atoms with Crippen molar-refractivity contribution in [1.29, 1.82) is 0 Å². The SMILES string of the molecule is CC(=O)N1CCN(C(=O)c2cccc(C=Cc3n[nH]c4ccccc34)c2)CC1. The van der Waals surface area contributed by atoms with E-state index in [4.69, 9.17) is 0 Å². The summed E-state index contributed by atoms with van der Waals surface area (Å²) in [5, 5.41) is 8.43. The zero-order valence-electron chi connectivity index (χ0n) is 15.8. The Morgan fingerprint density at radius 3 is 2.50 bits per heavy atom. The summed E-state index contributed by atoms with van der Waals surface area (Å²) in [6, 6.07) is 15.6. The van der Waals surface area contributed by atoms with Crippen LogP contribution in [0.2, 0.25) is 0 Å². The van der Waals surface area contributed by atoms with Crippen LogP contribution in [0, 0.1) is 0 Å². The van der Waals surface area contributed by atoms with Gasteiger partial charge in [0.25, 0.3) is 5.91 Å². The highest BCUT2D eigenvalue weighted by molar-refractivity contribution is 5.95. The Hall–Kier alpha value is -3.41. The molecule has 1 aliphatic heterocycles. The van der Waals surface area contributed by atoms with Crippen molar-refractivity contribution in [2.24, 2.45) is 0 Å². The summed E-state index contributed by atoms with van der Waals surface area (Å²) in [5.74, 6) is 0.0637. The van der Waals surface area contributed by atoms with Crippen molar-refractivity contribution in [1.82, 2.24) is 20.0 Å². The summed E-state index contributed by atoms with van der Waals surface area (Å²) in [6.45, 7) is 3.88. The van der Waals surface area contributed by atoms with Crippen molar-refractivity contribution in [2.45, 2.75) is 6.92 Å². The minimum Gasteiger partial charge on any atom is -0.339 e. The molecule has 1 fully saturated rings. The van der Waals surface area contributed by atoms with Crippen molar-refractivity contribution in [3.05, 3.63) is 65.4 Å². The fourth-order valence-corrected chi connectivity index (χ4v) is 3.47. The first-order valence-corrected chi connectivity index (χ1v) is 9.38. The maximum atomic E-state index is 12.8. The quantitative estimate of drug-likeness (QED) is 0.766. The number of hydrogen-bond donors (Lipinski definition) is 1. The van der Waals surface area contributed by atoms with Gasteiger partial charge in [-0.05, 0) is 29.8 Å². The van der Waals surface area contributed by atoms with E-state index in [1.807, 2.05) is 65.6 Å². The number of carbonyl (C=O) groups excluding carboxylic acids is 2. The van der Waals surface area contributed by atoms with Crippen LogP contribution in [0.5, 0.6) is 0 Å². The molecule has 28 heavy (non-hydrogen) atoms. The number of benzene rings is 2. The number of rotatable bonds is 3. The van der Waals surface area contributed by atoms with Crippen LogP contribution in [0.1, 0.15) is 28.5 Å². The van der Waals surface area contributed by atoms with E-state index in [9.17, 15) is 9.59 Å². The second-order valence-electron chi connectivity index (χ2n) is 6.91. The fraction of sp³-hybridized carbons (Fsp3) is 0.227. The smallest absolute Gasteiger partial charge is 0.253 e. The van der Waals surface area contributed by atoms with E-state index < -0.39 is 0 Å². The Labute approximate surface area is 163 Å². The molecular weight excluding hydrogens is 352 g/mol. The van der Waals surface area contributed by atoms with Crippen LogP contribution < -0.4 is 0 Å². The molecule has 0 aliphatic carbocycles. The maximum Gasteiger partial charge on any atom is 0.253 e. The number of nitrogens with one attached hydrogen (secondary N) is 1. The van der Waals surface area contributed by atoms with Crippen LogP contribution in [0.4, 0.5) is 0 Å². The third-order valence-corrected chi connectivity index (χ3v) is 5.08. The molecule has 142 valence electrons. The lowest BCUT2D eigenvalue weighted by Crippen LogP contribution is -2.50. The minimum absolute atomic E-state index is 0.00340. The van der Waals surface area contributed by atoms with Crippen LogP contribution in [0.15, 0.2) is 48.5 Å². The molecule has 6 nitrogen and oxygen atoms in total. The molecule has 2 aromatic carbocycles. The van der Waals surface area contributed by atoms with Crippen molar-refractivity contribution in [2.75, 3.05) is 26.2 Å². The number of H-pyrrole nitrogens is 1. The van der Waals surface area contributed by atoms with E-state index in [-0.39, 0.29) is 11.8 Å². The Bertz CT molecular complexity index is 1050. The molecule has 2 heterocycles. The average Bonchev–Trinajstić information content (AvgIpc) is 3.15. The van der Waals surface area contributed by atoms with Gasteiger partial charge in [0.05, 0.1) is 11.2 Å². The van der Waals surface area contributed by atoms with Gasteiger partial charge in [-0.2, -0.15) is 5.10 Å². The summed E-state index contributed by atoms with van der Waals surface area (Å²) in [4.78, 5) is 27.8. The molecule has 0 bridgehead atoms. The number of aromatic nitrogens is 2. The number of hydrogen-bond acceptors (Lipinski definition) is 3. The first-order valence-electron chi connectivity index (χ1n) is 9.38. The number of piperazine rings is 1. The highest BCUT2D eigenvalue weighted by atomic mass is 16.2. The lowest BCUT2D eigenvalue weighted by molar-refractivity contribution is -0.130. The Morgan fingerprint density at radius 2 is 1.71 bits per heavy atom. The molecule has 0 saturated carbocycles. The second-order valence-corrected chi connectivity index (χ2v) is 6.91. The Kier molecular flexibility index (Phi) is 4.93. The van der Waals surface area contributed by atoms with Gasteiger partial charge in [-0.15, -0.1) is 0 Å². The van der Waals surface area contributed by atoms with Gasteiger partial charge in [0.1, 0.15) is 0 Å². The standard InChI is InChI=1S/C22H22N4O2/c1-16(27)25-11-13-26(14-12-25)22(28)18-6-4-5-17(15-18)9-10-21-19-7-2-3-8-20(19)23-24-21/h2-10,15H,11-14H2,1H3,(H,23,24). The molecule has 4 rings (SSSR count). The van der Waals surface area contributed by atoms with Crippen molar-refractivity contribution in [3.63, 3.8) is 0 Å². The molecular formula is C22H22N4O2. The second kappa shape index (κ2) is 7.68. The Morgan fingerprint density at radius 1 is 0.964 bits per heavy atom. The first-order chi connectivity index (χ1) is 13.6. The molecule has 6 heteroatoms. The van der Waals surface area contributed by atoms with Gasteiger partial charge < -0.3 is 9.80 Å². The predicted octanol–water partition coefficient (Wildman–Crippen LogP) is 3.04. The Balaban J connectivity index is 1.48. The van der Waals surface area contributed by atoms with Gasteiger partial charge >= 0.3 is 0 Å². The van der Waals surface area contributed by atoms with Gasteiger partial charge in [-0.1, -0.05) is 36.4 Å². The van der Waals surface area contributed by atoms with Crippen molar-refractivity contribution in [3.8, 4) is 0 Å². The number of para-hydroxylation sites is 1. The molecule has 0 radical (unpaired) electrons. The van der Waals surface area contributed by atoms with E-state index in [0.717, 1.165) is 22.2 Å². The molecule has 1 N–H and O–H groups in total. The minimum atomic E-state index is 0.00340. The van der Waals surface area contributed by atoms with Gasteiger partial charge in [-0.3, -0.25) is 14.7 Å². The number of carbonyl (C=O) groups is 2. The van der Waals surface area contributed by atoms with Crippen LogP contribution >= 0.6 is 0 Å².